The SMILES string of the molecule is CN(CCO)c1ccc(-c2ccc(C=O)o2)o1. The van der Waals surface area contributed by atoms with E-state index in [0.717, 1.165) is 0 Å². The number of aliphatic hydroxyl groups excluding tert-OH is 1. The van der Waals surface area contributed by atoms with Crippen molar-refractivity contribution in [3.63, 3.8) is 0 Å². The molecule has 0 aromatic carbocycles. The highest BCUT2D eigenvalue weighted by atomic mass is 16.4. The zero-order chi connectivity index (χ0) is 12.3. The normalized spacial score (nSPS) is 10.5. The van der Waals surface area contributed by atoms with E-state index in [-0.39, 0.29) is 12.4 Å². The van der Waals surface area contributed by atoms with Crippen LogP contribution in [0.4, 0.5) is 5.88 Å². The topological polar surface area (TPSA) is 66.8 Å². The Hall–Kier alpha value is -2.01. The van der Waals surface area contributed by atoms with Crippen LogP contribution in [0.3, 0.4) is 0 Å². The highest BCUT2D eigenvalue weighted by Crippen LogP contribution is 2.27. The molecule has 2 aromatic heterocycles. The van der Waals surface area contributed by atoms with Crippen LogP contribution in [0.1, 0.15) is 10.6 Å². The Balaban J connectivity index is 2.20. The second kappa shape index (κ2) is 4.88. The molecule has 0 aliphatic rings. The second-order valence-corrected chi connectivity index (χ2v) is 3.60. The van der Waals surface area contributed by atoms with Gasteiger partial charge < -0.3 is 18.8 Å². The van der Waals surface area contributed by atoms with Gasteiger partial charge in [-0.2, -0.15) is 0 Å². The van der Waals surface area contributed by atoms with Crippen molar-refractivity contribution in [1.29, 1.82) is 0 Å². The average molecular weight is 235 g/mol. The van der Waals surface area contributed by atoms with E-state index in [0.29, 0.717) is 30.2 Å². The molecule has 2 rings (SSSR count). The predicted molar refractivity (Wildman–Crippen MR) is 62.2 cm³/mol. The fraction of sp³-hybridized carbons (Fsp3) is 0.250. The first-order valence-corrected chi connectivity index (χ1v) is 5.22. The van der Waals surface area contributed by atoms with Gasteiger partial charge in [0, 0.05) is 19.7 Å². The van der Waals surface area contributed by atoms with Gasteiger partial charge in [0.25, 0.3) is 0 Å². The number of likely N-dealkylation sites (N-methyl/N-ethyl adjacent to an activating group) is 1. The first-order valence-electron chi connectivity index (χ1n) is 5.22. The lowest BCUT2D eigenvalue weighted by atomic mass is 10.3. The van der Waals surface area contributed by atoms with E-state index in [1.807, 2.05) is 7.05 Å². The van der Waals surface area contributed by atoms with E-state index >= 15 is 0 Å². The summed E-state index contributed by atoms with van der Waals surface area (Å²) in [5, 5.41) is 8.82. The zero-order valence-electron chi connectivity index (χ0n) is 9.42. The Morgan fingerprint density at radius 3 is 2.59 bits per heavy atom. The maximum atomic E-state index is 10.5. The van der Waals surface area contributed by atoms with E-state index in [9.17, 15) is 4.79 Å². The molecule has 0 atom stereocenters. The molecule has 0 radical (unpaired) electrons. The van der Waals surface area contributed by atoms with E-state index in [1.165, 1.54) is 0 Å². The van der Waals surface area contributed by atoms with Crippen molar-refractivity contribution in [2.75, 3.05) is 25.1 Å². The number of furan rings is 2. The quantitative estimate of drug-likeness (QED) is 0.800. The molecule has 0 saturated carbocycles. The fourth-order valence-corrected chi connectivity index (χ4v) is 1.47. The molecule has 0 unspecified atom stereocenters. The van der Waals surface area contributed by atoms with Gasteiger partial charge in [-0.3, -0.25) is 4.79 Å². The summed E-state index contributed by atoms with van der Waals surface area (Å²) in [7, 11) is 1.82. The fourth-order valence-electron chi connectivity index (χ4n) is 1.47. The molecule has 5 nitrogen and oxygen atoms in total. The van der Waals surface area contributed by atoms with Crippen LogP contribution in [-0.2, 0) is 0 Å². The van der Waals surface area contributed by atoms with Crippen LogP contribution in [0, 0.1) is 0 Å². The summed E-state index contributed by atoms with van der Waals surface area (Å²) in [6.07, 6.45) is 0.644. The molecular formula is C12H13NO4. The summed E-state index contributed by atoms with van der Waals surface area (Å²) < 4.78 is 10.8. The third-order valence-electron chi connectivity index (χ3n) is 2.39. The highest BCUT2D eigenvalue weighted by Gasteiger charge is 2.11. The number of anilines is 1. The highest BCUT2D eigenvalue weighted by molar-refractivity contribution is 5.72. The Bertz CT molecular complexity index is 500. The number of aliphatic hydroxyl groups is 1. The Kier molecular flexibility index (Phi) is 3.30. The van der Waals surface area contributed by atoms with Gasteiger partial charge >= 0.3 is 0 Å². The van der Waals surface area contributed by atoms with Crippen LogP contribution >= 0.6 is 0 Å². The van der Waals surface area contributed by atoms with E-state index in [2.05, 4.69) is 0 Å². The van der Waals surface area contributed by atoms with Gasteiger partial charge in [0.1, 0.15) is 0 Å². The minimum absolute atomic E-state index is 0.0581. The van der Waals surface area contributed by atoms with E-state index in [1.54, 1.807) is 29.2 Å². The van der Waals surface area contributed by atoms with Crippen molar-refractivity contribution in [3.05, 3.63) is 30.0 Å². The summed E-state index contributed by atoms with van der Waals surface area (Å²) in [6, 6.07) is 6.81. The van der Waals surface area contributed by atoms with Crippen LogP contribution in [0.2, 0.25) is 0 Å². The van der Waals surface area contributed by atoms with Crippen LogP contribution in [0.5, 0.6) is 0 Å². The van der Waals surface area contributed by atoms with Gasteiger partial charge in [0.05, 0.1) is 6.61 Å². The average Bonchev–Trinajstić information content (AvgIpc) is 2.98. The Morgan fingerprint density at radius 2 is 1.94 bits per heavy atom. The number of nitrogens with zero attached hydrogens (tertiary/aromatic N) is 1. The molecule has 5 heteroatoms. The molecule has 2 aromatic rings. The number of carbonyl (C=O) groups excluding carboxylic acids is 1. The molecule has 0 saturated heterocycles. The summed E-state index contributed by atoms with van der Waals surface area (Å²) in [5.74, 6) is 1.97. The molecule has 0 amide bonds. The Labute approximate surface area is 98.3 Å². The number of rotatable bonds is 5. The van der Waals surface area contributed by atoms with Gasteiger partial charge in [-0.25, -0.2) is 0 Å². The summed E-state index contributed by atoms with van der Waals surface area (Å²) in [5.41, 5.74) is 0. The van der Waals surface area contributed by atoms with Crippen LogP contribution < -0.4 is 4.90 Å². The molecule has 17 heavy (non-hydrogen) atoms. The van der Waals surface area contributed by atoms with Crippen LogP contribution in [0.25, 0.3) is 11.5 Å². The molecule has 0 spiro atoms. The van der Waals surface area contributed by atoms with Crippen LogP contribution in [0.15, 0.2) is 33.1 Å². The third kappa shape index (κ3) is 2.39. The maximum absolute atomic E-state index is 10.5. The van der Waals surface area contributed by atoms with Crippen molar-refractivity contribution in [1.82, 2.24) is 0 Å². The molecule has 0 aliphatic carbocycles. The summed E-state index contributed by atoms with van der Waals surface area (Å²) >= 11 is 0. The lowest BCUT2D eigenvalue weighted by Gasteiger charge is -2.13. The van der Waals surface area contributed by atoms with E-state index in [4.69, 9.17) is 13.9 Å². The minimum atomic E-state index is 0.0581. The molecule has 0 aliphatic heterocycles. The predicted octanol–water partition coefficient (Wildman–Crippen LogP) is 1.78. The monoisotopic (exact) mass is 235 g/mol. The first-order chi connectivity index (χ1) is 8.24. The van der Waals surface area contributed by atoms with Crippen molar-refractivity contribution in [2.24, 2.45) is 0 Å². The second-order valence-electron chi connectivity index (χ2n) is 3.60. The van der Waals surface area contributed by atoms with Crippen molar-refractivity contribution >= 4 is 12.2 Å². The van der Waals surface area contributed by atoms with Crippen molar-refractivity contribution < 1.29 is 18.7 Å². The third-order valence-corrected chi connectivity index (χ3v) is 2.39. The first kappa shape index (κ1) is 11.5. The minimum Gasteiger partial charge on any atom is -0.450 e. The molecule has 1 N–H and O–H groups in total. The molecule has 2 heterocycles. The molecule has 0 bridgehead atoms. The van der Waals surface area contributed by atoms with Crippen molar-refractivity contribution in [2.45, 2.75) is 0 Å². The van der Waals surface area contributed by atoms with Gasteiger partial charge in [0.2, 0.25) is 0 Å². The van der Waals surface area contributed by atoms with Gasteiger partial charge in [-0.15, -0.1) is 0 Å². The smallest absolute Gasteiger partial charge is 0.196 e. The molecular weight excluding hydrogens is 222 g/mol. The maximum Gasteiger partial charge on any atom is 0.196 e. The number of hydrogen-bond acceptors (Lipinski definition) is 5. The number of hydrogen-bond donors (Lipinski definition) is 1. The molecule has 90 valence electrons. The van der Waals surface area contributed by atoms with Gasteiger partial charge in [-0.1, -0.05) is 0 Å². The molecule has 0 fully saturated rings. The zero-order valence-corrected chi connectivity index (χ0v) is 9.42. The lowest BCUT2D eigenvalue weighted by molar-refractivity contribution is 0.110. The van der Waals surface area contributed by atoms with Crippen molar-refractivity contribution in [3.8, 4) is 11.5 Å². The largest absolute Gasteiger partial charge is 0.450 e. The van der Waals surface area contributed by atoms with Gasteiger partial charge in [0.15, 0.2) is 29.5 Å². The standard InChI is InChI=1S/C12H13NO4/c1-13(6-7-14)12-5-4-11(17-12)10-3-2-9(8-15)16-10/h2-5,8,14H,6-7H2,1H3. The summed E-state index contributed by atoms with van der Waals surface area (Å²) in [6.45, 7) is 0.549. The van der Waals surface area contributed by atoms with Crippen LogP contribution in [-0.4, -0.2) is 31.6 Å². The summed E-state index contributed by atoms with van der Waals surface area (Å²) in [4.78, 5) is 12.3. The number of aldehydes is 1. The lowest BCUT2D eigenvalue weighted by Crippen LogP contribution is -2.20. The van der Waals surface area contributed by atoms with Gasteiger partial charge in [-0.05, 0) is 18.2 Å². The van der Waals surface area contributed by atoms with E-state index < -0.39 is 0 Å². The Morgan fingerprint density at radius 1 is 1.24 bits per heavy atom. The number of carbonyl (C=O) groups is 1.